The van der Waals surface area contributed by atoms with Crippen molar-refractivity contribution < 1.29 is 29.5 Å². The molecule has 0 spiro atoms. The van der Waals surface area contributed by atoms with Crippen LogP contribution < -0.4 is 4.74 Å². The Morgan fingerprint density at radius 1 is 1.36 bits per heavy atom. The highest BCUT2D eigenvalue weighted by atomic mass is 79.9. The van der Waals surface area contributed by atoms with E-state index >= 15 is 0 Å². The summed E-state index contributed by atoms with van der Waals surface area (Å²) in [7, 11) is 1.36. The molecule has 0 saturated heterocycles. The highest BCUT2D eigenvalue weighted by Crippen LogP contribution is 2.46. The van der Waals surface area contributed by atoms with Crippen LogP contribution in [0.25, 0.3) is 5.57 Å². The zero-order valence-corrected chi connectivity index (χ0v) is 14.9. The second-order valence-corrected chi connectivity index (χ2v) is 6.49. The van der Waals surface area contributed by atoms with Crippen molar-refractivity contribution in [3.63, 3.8) is 0 Å². The van der Waals surface area contributed by atoms with Gasteiger partial charge in [0.15, 0.2) is 0 Å². The van der Waals surface area contributed by atoms with Crippen LogP contribution in [0.3, 0.4) is 0 Å². The number of rotatable bonds is 5. The van der Waals surface area contributed by atoms with Gasteiger partial charge in [-0.3, -0.25) is 14.9 Å². The maximum atomic E-state index is 11.6. The van der Waals surface area contributed by atoms with Gasteiger partial charge in [0.05, 0.1) is 23.0 Å². The Bertz CT molecular complexity index is 843. The van der Waals surface area contributed by atoms with Crippen LogP contribution >= 0.6 is 15.9 Å². The molecule has 8 nitrogen and oxygen atoms in total. The third-order valence-electron chi connectivity index (χ3n) is 3.94. The smallest absolute Gasteiger partial charge is 0.332 e. The highest BCUT2D eigenvalue weighted by molar-refractivity contribution is 9.12. The SMILES string of the molecule is COc1ccc([N+](=O)[O-])cc1C1=CC(C)(C(=O)O)CC(C(=O)O)=C1Br. The zero-order chi connectivity index (χ0) is 18.9. The van der Waals surface area contributed by atoms with Crippen molar-refractivity contribution in [2.24, 2.45) is 5.41 Å². The van der Waals surface area contributed by atoms with Crippen LogP contribution in [0.4, 0.5) is 5.69 Å². The molecule has 1 aromatic rings. The van der Waals surface area contributed by atoms with E-state index in [1.807, 2.05) is 0 Å². The Hall–Kier alpha value is -2.68. The van der Waals surface area contributed by atoms with Gasteiger partial charge >= 0.3 is 11.9 Å². The number of hydrogen-bond acceptors (Lipinski definition) is 5. The number of carbonyl (C=O) groups is 2. The molecule has 25 heavy (non-hydrogen) atoms. The predicted molar refractivity (Wildman–Crippen MR) is 91.6 cm³/mol. The number of allylic oxidation sites excluding steroid dienone is 2. The second kappa shape index (κ2) is 6.67. The Kier molecular flexibility index (Phi) is 4.98. The van der Waals surface area contributed by atoms with E-state index in [2.05, 4.69) is 15.9 Å². The quantitative estimate of drug-likeness (QED) is 0.562. The van der Waals surface area contributed by atoms with Crippen molar-refractivity contribution in [3.8, 4) is 5.75 Å². The summed E-state index contributed by atoms with van der Waals surface area (Å²) >= 11 is 3.20. The van der Waals surface area contributed by atoms with Crippen LogP contribution in [-0.2, 0) is 9.59 Å². The van der Waals surface area contributed by atoms with Crippen molar-refractivity contribution in [2.75, 3.05) is 7.11 Å². The Morgan fingerprint density at radius 3 is 2.48 bits per heavy atom. The second-order valence-electron chi connectivity index (χ2n) is 5.70. The molecule has 0 saturated carbocycles. The number of nitro groups is 1. The summed E-state index contributed by atoms with van der Waals surface area (Å²) in [5.74, 6) is -2.21. The molecule has 0 aromatic heterocycles. The van der Waals surface area contributed by atoms with Gasteiger partial charge in [-0.25, -0.2) is 4.79 Å². The van der Waals surface area contributed by atoms with E-state index in [1.54, 1.807) is 0 Å². The van der Waals surface area contributed by atoms with Crippen LogP contribution in [0.1, 0.15) is 18.9 Å². The van der Waals surface area contributed by atoms with Gasteiger partial charge in [0.1, 0.15) is 5.75 Å². The number of aliphatic carboxylic acids is 2. The summed E-state index contributed by atoms with van der Waals surface area (Å²) in [5.41, 5.74) is -1.38. The van der Waals surface area contributed by atoms with E-state index in [-0.39, 0.29) is 39.0 Å². The van der Waals surface area contributed by atoms with Crippen LogP contribution in [0.15, 0.2) is 34.3 Å². The molecule has 1 atom stereocenters. The third-order valence-corrected chi connectivity index (χ3v) is 4.84. The largest absolute Gasteiger partial charge is 0.496 e. The van der Waals surface area contributed by atoms with Gasteiger partial charge in [-0.1, -0.05) is 6.08 Å². The minimum Gasteiger partial charge on any atom is -0.496 e. The number of nitrogens with zero attached hydrogens (tertiary/aromatic N) is 1. The minimum atomic E-state index is -1.48. The molecule has 132 valence electrons. The maximum absolute atomic E-state index is 11.6. The number of carboxylic acid groups (broad SMARTS) is 2. The molecule has 2 N–H and O–H groups in total. The Balaban J connectivity index is 2.79. The lowest BCUT2D eigenvalue weighted by Crippen LogP contribution is -2.30. The van der Waals surface area contributed by atoms with E-state index in [1.165, 1.54) is 38.3 Å². The lowest BCUT2D eigenvalue weighted by molar-refractivity contribution is -0.384. The summed E-state index contributed by atoms with van der Waals surface area (Å²) in [6.45, 7) is 1.39. The Morgan fingerprint density at radius 2 is 2.00 bits per heavy atom. The molecular formula is C16H14BrNO7. The number of non-ortho nitro benzene ring substituents is 1. The van der Waals surface area contributed by atoms with Gasteiger partial charge in [0, 0.05) is 28.6 Å². The van der Waals surface area contributed by atoms with Gasteiger partial charge in [0.25, 0.3) is 5.69 Å². The van der Waals surface area contributed by atoms with Crippen LogP contribution in [0, 0.1) is 15.5 Å². The molecule has 1 aromatic carbocycles. The van der Waals surface area contributed by atoms with Gasteiger partial charge in [0.2, 0.25) is 0 Å². The monoisotopic (exact) mass is 411 g/mol. The van der Waals surface area contributed by atoms with Crippen molar-refractivity contribution in [2.45, 2.75) is 13.3 Å². The van der Waals surface area contributed by atoms with Crippen molar-refractivity contribution in [1.29, 1.82) is 0 Å². The summed E-state index contributed by atoms with van der Waals surface area (Å²) in [6, 6.07) is 3.85. The number of ether oxygens (including phenoxy) is 1. The van der Waals surface area contributed by atoms with E-state index in [0.717, 1.165) is 0 Å². The molecule has 0 heterocycles. The van der Waals surface area contributed by atoms with Crippen LogP contribution in [-0.4, -0.2) is 34.2 Å². The number of methoxy groups -OCH3 is 1. The van der Waals surface area contributed by atoms with Gasteiger partial charge in [-0.15, -0.1) is 0 Å². The lowest BCUT2D eigenvalue weighted by atomic mass is 9.76. The first-order valence-electron chi connectivity index (χ1n) is 7.02. The molecule has 0 bridgehead atoms. The molecule has 1 aliphatic rings. The standard InChI is InChI=1S/C16H14BrNO7/c1-16(15(21)22)6-10(13(17)11(7-16)14(19)20)9-5-8(18(23)24)3-4-12(9)25-2/h3-6H,7H2,1-2H3,(H,19,20)(H,21,22). The predicted octanol–water partition coefficient (Wildman–Crippen LogP) is 3.22. The van der Waals surface area contributed by atoms with E-state index in [9.17, 15) is 29.9 Å². The number of halogens is 1. The fourth-order valence-corrected chi connectivity index (χ4v) is 3.20. The number of carboxylic acids is 2. The van der Waals surface area contributed by atoms with Gasteiger partial charge in [-0.05, 0) is 34.5 Å². The highest BCUT2D eigenvalue weighted by Gasteiger charge is 2.40. The first-order valence-corrected chi connectivity index (χ1v) is 7.81. The molecule has 0 aliphatic heterocycles. The van der Waals surface area contributed by atoms with Gasteiger partial charge < -0.3 is 14.9 Å². The summed E-state index contributed by atoms with van der Waals surface area (Å²) in [6.07, 6.45) is 1.16. The van der Waals surface area contributed by atoms with Gasteiger partial charge in [-0.2, -0.15) is 0 Å². The molecule has 0 radical (unpaired) electrons. The van der Waals surface area contributed by atoms with Crippen molar-refractivity contribution >= 4 is 39.1 Å². The molecule has 1 aliphatic carbocycles. The van der Waals surface area contributed by atoms with E-state index < -0.39 is 22.3 Å². The summed E-state index contributed by atoms with van der Waals surface area (Å²) < 4.78 is 5.37. The van der Waals surface area contributed by atoms with Crippen molar-refractivity contribution in [1.82, 2.24) is 0 Å². The zero-order valence-electron chi connectivity index (χ0n) is 13.3. The fraction of sp³-hybridized carbons (Fsp3) is 0.250. The average Bonchev–Trinajstić information content (AvgIpc) is 2.55. The number of hydrogen-bond donors (Lipinski definition) is 2. The normalized spacial score (nSPS) is 20.0. The van der Waals surface area contributed by atoms with Crippen molar-refractivity contribution in [3.05, 3.63) is 50.0 Å². The maximum Gasteiger partial charge on any atom is 0.332 e. The average molecular weight is 412 g/mol. The van der Waals surface area contributed by atoms with Crippen LogP contribution in [0.5, 0.6) is 5.75 Å². The topological polar surface area (TPSA) is 127 Å². The summed E-state index contributed by atoms with van der Waals surface area (Å²) in [5, 5.41) is 30.0. The minimum absolute atomic E-state index is 0.129. The van der Waals surface area contributed by atoms with E-state index in [4.69, 9.17) is 4.74 Å². The molecule has 1 unspecified atom stereocenters. The number of nitro benzene ring substituents is 1. The molecule has 0 amide bonds. The third kappa shape index (κ3) is 3.41. The molecular weight excluding hydrogens is 398 g/mol. The summed E-state index contributed by atoms with van der Waals surface area (Å²) in [4.78, 5) is 33.6. The van der Waals surface area contributed by atoms with E-state index in [0.29, 0.717) is 0 Å². The molecule has 9 heteroatoms. The lowest BCUT2D eigenvalue weighted by Gasteiger charge is -2.29. The first kappa shape index (κ1) is 18.7. The first-order chi connectivity index (χ1) is 11.6. The number of benzene rings is 1. The Labute approximate surface area is 150 Å². The molecule has 2 rings (SSSR count). The molecule has 0 fully saturated rings. The van der Waals surface area contributed by atoms with Crippen LogP contribution in [0.2, 0.25) is 0 Å². The fourth-order valence-electron chi connectivity index (χ4n) is 2.56.